The van der Waals surface area contributed by atoms with E-state index in [0.29, 0.717) is 30.9 Å². The molecule has 0 bridgehead atoms. The molecule has 0 saturated carbocycles. The molecule has 2 aromatic carbocycles. The molecular formula is C19H12Cl4N2OS2. The van der Waals surface area contributed by atoms with Crippen LogP contribution in [-0.2, 0) is 4.79 Å². The summed E-state index contributed by atoms with van der Waals surface area (Å²) >= 11 is 27.7. The lowest BCUT2D eigenvalue weighted by Gasteiger charge is -2.22. The molecule has 2 heterocycles. The summed E-state index contributed by atoms with van der Waals surface area (Å²) in [5.74, 6) is -0.0101. The fourth-order valence-electron chi connectivity index (χ4n) is 2.93. The predicted molar refractivity (Wildman–Crippen MR) is 121 cm³/mol. The Bertz CT molecular complexity index is 1070. The van der Waals surface area contributed by atoms with E-state index in [1.165, 1.54) is 23.1 Å². The highest BCUT2D eigenvalue weighted by Crippen LogP contribution is 2.48. The average Bonchev–Trinajstić information content (AvgIpc) is 3.20. The minimum absolute atomic E-state index is 0.0101. The van der Waals surface area contributed by atoms with E-state index >= 15 is 0 Å². The van der Waals surface area contributed by atoms with Crippen LogP contribution in [0.2, 0.25) is 20.1 Å². The van der Waals surface area contributed by atoms with Crippen LogP contribution < -0.4 is 4.90 Å². The lowest BCUT2D eigenvalue weighted by Crippen LogP contribution is -2.30. The molecule has 0 aliphatic carbocycles. The van der Waals surface area contributed by atoms with Gasteiger partial charge < -0.3 is 0 Å². The van der Waals surface area contributed by atoms with Gasteiger partial charge in [0.15, 0.2) is 5.13 Å². The van der Waals surface area contributed by atoms with Crippen LogP contribution in [0.5, 0.6) is 0 Å². The Hall–Kier alpha value is -0.950. The zero-order chi connectivity index (χ0) is 20.0. The number of carbonyl (C=O) groups is 1. The van der Waals surface area contributed by atoms with Crippen LogP contribution in [-0.4, -0.2) is 16.1 Å². The molecule has 1 amide bonds. The molecule has 0 radical (unpaired) electrons. The standard InChI is InChI=1S/C19H12Cl4N2OS2/c1-9-17(26)25(18(28-9)13-5-3-11(21)7-15(13)23)19-24-16(8-27-19)12-4-2-10(20)6-14(12)22/h2-9,18H,1H3. The Morgan fingerprint density at radius 1 is 1.00 bits per heavy atom. The topological polar surface area (TPSA) is 33.2 Å². The van der Waals surface area contributed by atoms with Crippen molar-refractivity contribution >= 4 is 80.5 Å². The zero-order valence-electron chi connectivity index (χ0n) is 14.3. The first kappa shape index (κ1) is 20.3. The number of benzene rings is 2. The second-order valence-electron chi connectivity index (χ2n) is 6.14. The minimum Gasteiger partial charge on any atom is -0.273 e. The fourth-order valence-corrected chi connectivity index (χ4v) is 6.23. The van der Waals surface area contributed by atoms with Gasteiger partial charge in [-0.15, -0.1) is 23.1 Å². The molecule has 1 saturated heterocycles. The van der Waals surface area contributed by atoms with Crippen LogP contribution in [0.4, 0.5) is 5.13 Å². The minimum atomic E-state index is -0.271. The number of anilines is 1. The molecule has 144 valence electrons. The molecule has 1 aliphatic heterocycles. The highest BCUT2D eigenvalue weighted by atomic mass is 35.5. The lowest BCUT2D eigenvalue weighted by atomic mass is 10.2. The number of rotatable bonds is 3. The van der Waals surface area contributed by atoms with Crippen molar-refractivity contribution in [2.75, 3.05) is 4.90 Å². The fraction of sp³-hybridized carbons (Fsp3) is 0.158. The normalized spacial score (nSPS) is 19.5. The van der Waals surface area contributed by atoms with Crippen molar-refractivity contribution in [3.8, 4) is 11.3 Å². The summed E-state index contributed by atoms with van der Waals surface area (Å²) in [5.41, 5.74) is 2.29. The molecular weight excluding hydrogens is 478 g/mol. The first-order valence-electron chi connectivity index (χ1n) is 8.19. The van der Waals surface area contributed by atoms with Crippen molar-refractivity contribution < 1.29 is 4.79 Å². The van der Waals surface area contributed by atoms with E-state index in [4.69, 9.17) is 46.4 Å². The average molecular weight is 490 g/mol. The predicted octanol–water partition coefficient (Wildman–Crippen LogP) is 7.59. The molecule has 2 atom stereocenters. The number of hydrogen-bond acceptors (Lipinski definition) is 4. The van der Waals surface area contributed by atoms with Gasteiger partial charge in [0, 0.05) is 31.6 Å². The summed E-state index contributed by atoms with van der Waals surface area (Å²) in [4.78, 5) is 19.3. The summed E-state index contributed by atoms with van der Waals surface area (Å²) in [7, 11) is 0. The largest absolute Gasteiger partial charge is 0.273 e. The maximum absolute atomic E-state index is 12.9. The van der Waals surface area contributed by atoms with Gasteiger partial charge in [0.2, 0.25) is 5.91 Å². The van der Waals surface area contributed by atoms with E-state index in [0.717, 1.165) is 11.1 Å². The van der Waals surface area contributed by atoms with Gasteiger partial charge >= 0.3 is 0 Å². The summed E-state index contributed by atoms with van der Waals surface area (Å²) < 4.78 is 0. The number of hydrogen-bond donors (Lipinski definition) is 0. The van der Waals surface area contributed by atoms with E-state index < -0.39 is 0 Å². The number of halogens is 4. The Kier molecular flexibility index (Phi) is 5.85. The number of thiazole rings is 1. The van der Waals surface area contributed by atoms with Crippen molar-refractivity contribution in [1.82, 2.24) is 4.98 Å². The molecule has 0 spiro atoms. The molecule has 28 heavy (non-hydrogen) atoms. The van der Waals surface area contributed by atoms with Crippen molar-refractivity contribution in [2.45, 2.75) is 17.5 Å². The van der Waals surface area contributed by atoms with Gasteiger partial charge in [-0.3, -0.25) is 9.69 Å². The van der Waals surface area contributed by atoms with Gasteiger partial charge in [0.25, 0.3) is 0 Å². The van der Waals surface area contributed by atoms with Crippen molar-refractivity contribution in [2.24, 2.45) is 0 Å². The van der Waals surface area contributed by atoms with Crippen LogP contribution >= 0.6 is 69.5 Å². The number of carbonyl (C=O) groups excluding carboxylic acids is 1. The van der Waals surface area contributed by atoms with E-state index in [2.05, 4.69) is 4.98 Å². The second-order valence-corrected chi connectivity index (χ2v) is 10.1. The highest BCUT2D eigenvalue weighted by molar-refractivity contribution is 8.01. The number of amides is 1. The van der Waals surface area contributed by atoms with E-state index in [-0.39, 0.29) is 16.5 Å². The Morgan fingerprint density at radius 2 is 1.68 bits per heavy atom. The maximum Gasteiger partial charge on any atom is 0.242 e. The van der Waals surface area contributed by atoms with E-state index in [1.54, 1.807) is 29.2 Å². The third kappa shape index (κ3) is 3.76. The van der Waals surface area contributed by atoms with Gasteiger partial charge in [0.05, 0.1) is 16.0 Å². The molecule has 3 nitrogen and oxygen atoms in total. The third-order valence-electron chi connectivity index (χ3n) is 4.29. The smallest absolute Gasteiger partial charge is 0.242 e. The molecule has 4 rings (SSSR count). The van der Waals surface area contributed by atoms with Gasteiger partial charge in [-0.2, -0.15) is 0 Å². The maximum atomic E-state index is 12.9. The Labute approximate surface area is 190 Å². The zero-order valence-corrected chi connectivity index (χ0v) is 19.0. The van der Waals surface area contributed by atoms with Crippen LogP contribution in [0.3, 0.4) is 0 Å². The summed E-state index contributed by atoms with van der Waals surface area (Å²) in [5, 5.41) is 4.14. The number of nitrogens with zero attached hydrogens (tertiary/aromatic N) is 2. The van der Waals surface area contributed by atoms with E-state index in [1.807, 2.05) is 24.4 Å². The molecule has 3 aromatic rings. The molecule has 9 heteroatoms. The van der Waals surface area contributed by atoms with Crippen molar-refractivity contribution in [1.29, 1.82) is 0 Å². The van der Waals surface area contributed by atoms with Crippen molar-refractivity contribution in [3.63, 3.8) is 0 Å². The first-order valence-corrected chi connectivity index (χ1v) is 11.5. The monoisotopic (exact) mass is 488 g/mol. The van der Waals surface area contributed by atoms with Gasteiger partial charge in [-0.1, -0.05) is 52.5 Å². The molecule has 2 unspecified atom stereocenters. The quantitative estimate of drug-likeness (QED) is 0.379. The Balaban J connectivity index is 1.74. The summed E-state index contributed by atoms with van der Waals surface area (Å²) in [6.07, 6.45) is 0. The molecule has 1 aliphatic rings. The lowest BCUT2D eigenvalue weighted by molar-refractivity contribution is -0.117. The number of aromatic nitrogens is 1. The highest BCUT2D eigenvalue weighted by Gasteiger charge is 2.41. The van der Waals surface area contributed by atoms with Crippen LogP contribution in [0.25, 0.3) is 11.3 Å². The first-order chi connectivity index (χ1) is 13.3. The van der Waals surface area contributed by atoms with Crippen LogP contribution in [0.1, 0.15) is 17.9 Å². The Morgan fingerprint density at radius 3 is 2.36 bits per heavy atom. The van der Waals surface area contributed by atoms with Gasteiger partial charge in [-0.25, -0.2) is 4.98 Å². The van der Waals surface area contributed by atoms with Gasteiger partial charge in [0.1, 0.15) is 5.37 Å². The molecule has 1 aromatic heterocycles. The van der Waals surface area contributed by atoms with Crippen molar-refractivity contribution in [3.05, 3.63) is 67.4 Å². The third-order valence-corrected chi connectivity index (χ3v) is 7.57. The van der Waals surface area contributed by atoms with Crippen LogP contribution in [0, 0.1) is 0 Å². The summed E-state index contributed by atoms with van der Waals surface area (Å²) in [6, 6.07) is 10.6. The molecule has 0 N–H and O–H groups in total. The SMILES string of the molecule is CC1SC(c2ccc(Cl)cc2Cl)N(c2nc(-c3ccc(Cl)cc3Cl)cs2)C1=O. The summed E-state index contributed by atoms with van der Waals surface area (Å²) in [6.45, 7) is 1.88. The second kappa shape index (κ2) is 8.05. The van der Waals surface area contributed by atoms with E-state index in [9.17, 15) is 4.79 Å². The van der Waals surface area contributed by atoms with Gasteiger partial charge in [-0.05, 0) is 37.3 Å². The number of thioether (sulfide) groups is 1. The van der Waals surface area contributed by atoms with Crippen LogP contribution in [0.15, 0.2) is 41.8 Å². The molecule has 1 fully saturated rings.